The fourth-order valence-electron chi connectivity index (χ4n) is 0.633. The number of primary amides is 1. The average Bonchev–Trinajstić information content (AvgIpc) is 2.18. The SMILES string of the molecule is NC(=O)CN1C=NC(=O)C1=O. The molecular weight excluding hydrogens is 150 g/mol. The van der Waals surface area contributed by atoms with E-state index in [9.17, 15) is 14.4 Å². The van der Waals surface area contributed by atoms with Crippen LogP contribution in [-0.4, -0.2) is 35.5 Å². The third kappa shape index (κ3) is 1.40. The second-order valence-electron chi connectivity index (χ2n) is 1.95. The Labute approximate surface area is 61.7 Å². The standard InChI is InChI=1S/C5H5N3O3/c6-3(9)1-8-2-7-4(10)5(8)11/h2H,1H2,(H2,6,9). The molecule has 1 aliphatic heterocycles. The van der Waals surface area contributed by atoms with Crippen LogP contribution >= 0.6 is 0 Å². The summed E-state index contributed by atoms with van der Waals surface area (Å²) in [6, 6.07) is 0. The molecule has 0 fully saturated rings. The van der Waals surface area contributed by atoms with Gasteiger partial charge in [-0.25, -0.2) is 0 Å². The van der Waals surface area contributed by atoms with E-state index in [0.29, 0.717) is 0 Å². The molecule has 0 bridgehead atoms. The zero-order valence-electron chi connectivity index (χ0n) is 5.48. The molecule has 1 rings (SSSR count). The Balaban J connectivity index is 2.63. The van der Waals surface area contributed by atoms with Gasteiger partial charge in [0.2, 0.25) is 5.91 Å². The molecule has 0 radical (unpaired) electrons. The Morgan fingerprint density at radius 3 is 2.64 bits per heavy atom. The monoisotopic (exact) mass is 155 g/mol. The van der Waals surface area contributed by atoms with Crippen molar-refractivity contribution in [3.8, 4) is 0 Å². The van der Waals surface area contributed by atoms with E-state index in [0.717, 1.165) is 11.2 Å². The normalized spacial score (nSPS) is 16.2. The maximum absolute atomic E-state index is 10.7. The molecule has 0 saturated carbocycles. The summed E-state index contributed by atoms with van der Waals surface area (Å²) in [4.78, 5) is 35.4. The molecule has 0 saturated heterocycles. The van der Waals surface area contributed by atoms with Crippen molar-refractivity contribution in [3.05, 3.63) is 0 Å². The maximum atomic E-state index is 10.7. The highest BCUT2D eigenvalue weighted by Gasteiger charge is 2.26. The number of aliphatic imine (C=N–C) groups is 1. The van der Waals surface area contributed by atoms with E-state index in [-0.39, 0.29) is 6.54 Å². The molecule has 6 nitrogen and oxygen atoms in total. The van der Waals surface area contributed by atoms with Crippen molar-refractivity contribution in [2.45, 2.75) is 0 Å². The molecular formula is C5H5N3O3. The predicted molar refractivity (Wildman–Crippen MR) is 34.4 cm³/mol. The van der Waals surface area contributed by atoms with Gasteiger partial charge < -0.3 is 5.73 Å². The molecule has 0 spiro atoms. The van der Waals surface area contributed by atoms with Crippen molar-refractivity contribution in [2.24, 2.45) is 10.7 Å². The molecule has 0 aromatic rings. The molecule has 1 heterocycles. The Kier molecular flexibility index (Phi) is 1.67. The van der Waals surface area contributed by atoms with Crippen molar-refractivity contribution < 1.29 is 14.4 Å². The summed E-state index contributed by atoms with van der Waals surface area (Å²) in [6.07, 6.45) is 0.995. The minimum absolute atomic E-state index is 0.298. The van der Waals surface area contributed by atoms with Crippen molar-refractivity contribution in [1.82, 2.24) is 4.90 Å². The van der Waals surface area contributed by atoms with Gasteiger partial charge in [0.05, 0.1) is 0 Å². The first-order valence-corrected chi connectivity index (χ1v) is 2.78. The van der Waals surface area contributed by atoms with Crippen LogP contribution in [0, 0.1) is 0 Å². The van der Waals surface area contributed by atoms with E-state index in [2.05, 4.69) is 4.99 Å². The summed E-state index contributed by atoms with van der Waals surface area (Å²) >= 11 is 0. The second kappa shape index (κ2) is 2.49. The van der Waals surface area contributed by atoms with Crippen LogP contribution in [-0.2, 0) is 14.4 Å². The molecule has 58 valence electrons. The van der Waals surface area contributed by atoms with Gasteiger partial charge in [0, 0.05) is 0 Å². The van der Waals surface area contributed by atoms with Crippen LogP contribution in [0.2, 0.25) is 0 Å². The van der Waals surface area contributed by atoms with Crippen LogP contribution in [0.15, 0.2) is 4.99 Å². The molecule has 1 aliphatic rings. The molecule has 0 aromatic carbocycles. The third-order valence-electron chi connectivity index (χ3n) is 1.08. The Morgan fingerprint density at radius 1 is 1.64 bits per heavy atom. The van der Waals surface area contributed by atoms with E-state index in [4.69, 9.17) is 5.73 Å². The summed E-state index contributed by atoms with van der Waals surface area (Å²) in [6.45, 7) is -0.298. The first kappa shape index (κ1) is 7.39. The van der Waals surface area contributed by atoms with Crippen LogP contribution in [0.3, 0.4) is 0 Å². The molecule has 0 unspecified atom stereocenters. The predicted octanol–water partition coefficient (Wildman–Crippen LogP) is -2.13. The van der Waals surface area contributed by atoms with Crippen LogP contribution in [0.5, 0.6) is 0 Å². The van der Waals surface area contributed by atoms with E-state index >= 15 is 0 Å². The van der Waals surface area contributed by atoms with Gasteiger partial charge in [0.25, 0.3) is 0 Å². The van der Waals surface area contributed by atoms with Crippen molar-refractivity contribution in [2.75, 3.05) is 6.54 Å². The zero-order valence-corrected chi connectivity index (χ0v) is 5.48. The van der Waals surface area contributed by atoms with Gasteiger partial charge in [-0.3, -0.25) is 19.3 Å². The average molecular weight is 155 g/mol. The van der Waals surface area contributed by atoms with Crippen LogP contribution < -0.4 is 5.73 Å². The molecule has 6 heteroatoms. The number of nitrogens with zero attached hydrogens (tertiary/aromatic N) is 2. The largest absolute Gasteiger partial charge is 0.368 e. The van der Waals surface area contributed by atoms with Crippen LogP contribution in [0.25, 0.3) is 0 Å². The lowest BCUT2D eigenvalue weighted by molar-refractivity contribution is -0.140. The number of carbonyl (C=O) groups is 3. The first-order chi connectivity index (χ1) is 5.11. The van der Waals surface area contributed by atoms with Crippen LogP contribution in [0.4, 0.5) is 0 Å². The van der Waals surface area contributed by atoms with Crippen molar-refractivity contribution in [1.29, 1.82) is 0 Å². The zero-order chi connectivity index (χ0) is 8.43. The summed E-state index contributed by atoms with van der Waals surface area (Å²) in [5.41, 5.74) is 4.77. The van der Waals surface area contributed by atoms with Gasteiger partial charge in [-0.1, -0.05) is 0 Å². The quantitative estimate of drug-likeness (QED) is 0.461. The lowest BCUT2D eigenvalue weighted by Gasteiger charge is -2.05. The van der Waals surface area contributed by atoms with Gasteiger partial charge >= 0.3 is 11.8 Å². The highest BCUT2D eigenvalue weighted by Crippen LogP contribution is 1.95. The van der Waals surface area contributed by atoms with E-state index < -0.39 is 17.7 Å². The maximum Gasteiger partial charge on any atom is 0.336 e. The molecule has 0 aliphatic carbocycles. The number of nitrogens with two attached hydrogens (primary N) is 1. The number of rotatable bonds is 2. The molecule has 2 N–H and O–H groups in total. The highest BCUT2D eigenvalue weighted by molar-refractivity contribution is 6.41. The Hall–Kier alpha value is -1.72. The Bertz CT molecular complexity index is 258. The van der Waals surface area contributed by atoms with Gasteiger partial charge in [0.15, 0.2) is 0 Å². The molecule has 0 atom stereocenters. The summed E-state index contributed by atoms with van der Waals surface area (Å²) < 4.78 is 0. The number of carbonyl (C=O) groups excluding carboxylic acids is 3. The van der Waals surface area contributed by atoms with E-state index in [1.807, 2.05) is 0 Å². The summed E-state index contributed by atoms with van der Waals surface area (Å²) in [5.74, 6) is -2.37. The lowest BCUT2D eigenvalue weighted by atomic mass is 10.5. The van der Waals surface area contributed by atoms with Gasteiger partial charge in [-0.05, 0) is 0 Å². The number of amides is 3. The fraction of sp³-hybridized carbons (Fsp3) is 0.200. The number of hydrogen-bond acceptors (Lipinski definition) is 3. The Morgan fingerprint density at radius 2 is 2.27 bits per heavy atom. The molecule has 11 heavy (non-hydrogen) atoms. The van der Waals surface area contributed by atoms with Gasteiger partial charge in [0.1, 0.15) is 12.9 Å². The second-order valence-corrected chi connectivity index (χ2v) is 1.95. The third-order valence-corrected chi connectivity index (χ3v) is 1.08. The first-order valence-electron chi connectivity index (χ1n) is 2.78. The molecule has 3 amide bonds. The van der Waals surface area contributed by atoms with E-state index in [1.165, 1.54) is 0 Å². The fourth-order valence-corrected chi connectivity index (χ4v) is 0.633. The molecule has 0 aromatic heterocycles. The number of hydrogen-bond donors (Lipinski definition) is 1. The van der Waals surface area contributed by atoms with Crippen molar-refractivity contribution in [3.63, 3.8) is 0 Å². The topological polar surface area (TPSA) is 92.8 Å². The van der Waals surface area contributed by atoms with E-state index in [1.54, 1.807) is 0 Å². The lowest BCUT2D eigenvalue weighted by Crippen LogP contribution is -2.36. The van der Waals surface area contributed by atoms with Gasteiger partial charge in [-0.15, -0.1) is 0 Å². The summed E-state index contributed by atoms with van der Waals surface area (Å²) in [5, 5.41) is 0. The van der Waals surface area contributed by atoms with Crippen LogP contribution in [0.1, 0.15) is 0 Å². The smallest absolute Gasteiger partial charge is 0.336 e. The minimum atomic E-state index is -0.869. The highest BCUT2D eigenvalue weighted by atomic mass is 16.2. The van der Waals surface area contributed by atoms with Gasteiger partial charge in [-0.2, -0.15) is 4.99 Å². The summed E-state index contributed by atoms with van der Waals surface area (Å²) in [7, 11) is 0. The minimum Gasteiger partial charge on any atom is -0.368 e. The van der Waals surface area contributed by atoms with Crippen molar-refractivity contribution >= 4 is 24.1 Å².